The molecule has 2 aromatic carbocycles. The summed E-state index contributed by atoms with van der Waals surface area (Å²) in [6, 6.07) is 14.8. The Labute approximate surface area is 145 Å². The second-order valence-electron chi connectivity index (χ2n) is 5.73. The van der Waals surface area contributed by atoms with Gasteiger partial charge in [-0.2, -0.15) is 0 Å². The number of aromatic nitrogens is 2. The van der Waals surface area contributed by atoms with Gasteiger partial charge in [-0.15, -0.1) is 11.8 Å². The first-order valence-corrected chi connectivity index (χ1v) is 9.30. The number of thioether (sulfide) groups is 1. The maximum Gasteiger partial charge on any atom is 0.148 e. The number of fused-ring (bicyclic) bond motifs is 1. The topological polar surface area (TPSA) is 38.2 Å². The number of anilines is 1. The van der Waals surface area contributed by atoms with Crippen LogP contribution < -0.4 is 4.90 Å². The Kier molecular flexibility index (Phi) is 4.36. The smallest absolute Gasteiger partial charge is 0.148 e. The van der Waals surface area contributed by atoms with Gasteiger partial charge in [-0.1, -0.05) is 24.3 Å². The summed E-state index contributed by atoms with van der Waals surface area (Å²) < 4.78 is 5.42. The van der Waals surface area contributed by atoms with Gasteiger partial charge in [0.15, 0.2) is 0 Å². The van der Waals surface area contributed by atoms with E-state index in [1.54, 1.807) is 11.8 Å². The summed E-state index contributed by atoms with van der Waals surface area (Å²) >= 11 is 1.76. The van der Waals surface area contributed by atoms with Crippen LogP contribution in [0.25, 0.3) is 22.2 Å². The van der Waals surface area contributed by atoms with Gasteiger partial charge in [0.2, 0.25) is 0 Å². The Morgan fingerprint density at radius 2 is 1.88 bits per heavy atom. The molecule has 1 aromatic heterocycles. The highest BCUT2D eigenvalue weighted by Gasteiger charge is 2.14. The van der Waals surface area contributed by atoms with Crippen molar-refractivity contribution in [1.29, 1.82) is 0 Å². The average molecular weight is 337 g/mol. The Hall–Kier alpha value is -2.11. The molecule has 1 saturated heterocycles. The van der Waals surface area contributed by atoms with Crippen molar-refractivity contribution in [2.24, 2.45) is 0 Å². The lowest BCUT2D eigenvalue weighted by molar-refractivity contribution is 0.122. The SMILES string of the molecule is CSc1ccccc1-c1ccc2ncc(N3CCOCC3)nc2c1. The third kappa shape index (κ3) is 2.97. The molecule has 0 spiro atoms. The van der Waals surface area contributed by atoms with Gasteiger partial charge in [0.25, 0.3) is 0 Å². The lowest BCUT2D eigenvalue weighted by atomic mass is 10.0. The molecule has 0 amide bonds. The molecular formula is C19H19N3OS. The average Bonchev–Trinajstić information content (AvgIpc) is 2.67. The molecule has 2 heterocycles. The Balaban J connectivity index is 1.76. The predicted molar refractivity (Wildman–Crippen MR) is 99.8 cm³/mol. The number of hydrogen-bond donors (Lipinski definition) is 0. The van der Waals surface area contributed by atoms with Crippen LogP contribution in [0.2, 0.25) is 0 Å². The van der Waals surface area contributed by atoms with Crippen LogP contribution in [0.4, 0.5) is 5.82 Å². The molecule has 0 saturated carbocycles. The summed E-state index contributed by atoms with van der Waals surface area (Å²) in [6.45, 7) is 3.24. The third-order valence-electron chi connectivity index (χ3n) is 4.28. The molecule has 0 atom stereocenters. The van der Waals surface area contributed by atoms with Gasteiger partial charge < -0.3 is 9.64 Å². The van der Waals surface area contributed by atoms with Crippen molar-refractivity contribution in [1.82, 2.24) is 9.97 Å². The van der Waals surface area contributed by atoms with Crippen molar-refractivity contribution < 1.29 is 4.74 Å². The van der Waals surface area contributed by atoms with Crippen LogP contribution in [-0.4, -0.2) is 42.5 Å². The molecule has 122 valence electrons. The van der Waals surface area contributed by atoms with Crippen LogP contribution in [-0.2, 0) is 4.74 Å². The van der Waals surface area contributed by atoms with E-state index >= 15 is 0 Å². The first kappa shape index (κ1) is 15.4. The van der Waals surface area contributed by atoms with E-state index in [0.717, 1.165) is 43.2 Å². The fourth-order valence-corrected chi connectivity index (χ4v) is 3.62. The standard InChI is InChI=1S/C19H19N3OS/c1-24-18-5-3-2-4-15(18)14-6-7-16-17(12-14)21-19(13-20-16)22-8-10-23-11-9-22/h2-7,12-13H,8-11H2,1H3. The van der Waals surface area contributed by atoms with E-state index in [1.165, 1.54) is 16.0 Å². The van der Waals surface area contributed by atoms with Gasteiger partial charge in [-0.05, 0) is 35.6 Å². The Bertz CT molecular complexity index is 862. The molecule has 0 unspecified atom stereocenters. The molecular weight excluding hydrogens is 318 g/mol. The van der Waals surface area contributed by atoms with E-state index in [1.807, 2.05) is 6.20 Å². The fourth-order valence-electron chi connectivity index (χ4n) is 3.00. The minimum atomic E-state index is 0.751. The van der Waals surface area contributed by atoms with Crippen molar-refractivity contribution in [2.45, 2.75) is 4.90 Å². The first-order valence-electron chi connectivity index (χ1n) is 8.08. The number of ether oxygens (including phenoxy) is 1. The molecule has 4 nitrogen and oxygen atoms in total. The zero-order valence-corrected chi connectivity index (χ0v) is 14.4. The van der Waals surface area contributed by atoms with Crippen LogP contribution in [0, 0.1) is 0 Å². The van der Waals surface area contributed by atoms with Crippen molar-refractivity contribution in [3.05, 3.63) is 48.7 Å². The van der Waals surface area contributed by atoms with E-state index in [0.29, 0.717) is 0 Å². The monoisotopic (exact) mass is 337 g/mol. The van der Waals surface area contributed by atoms with Gasteiger partial charge >= 0.3 is 0 Å². The molecule has 24 heavy (non-hydrogen) atoms. The van der Waals surface area contributed by atoms with E-state index in [9.17, 15) is 0 Å². The highest BCUT2D eigenvalue weighted by molar-refractivity contribution is 7.98. The van der Waals surface area contributed by atoms with E-state index in [4.69, 9.17) is 9.72 Å². The van der Waals surface area contributed by atoms with Gasteiger partial charge in [0.1, 0.15) is 5.82 Å². The normalized spacial score (nSPS) is 15.0. The summed E-state index contributed by atoms with van der Waals surface area (Å²) in [6.07, 6.45) is 3.97. The van der Waals surface area contributed by atoms with Crippen LogP contribution >= 0.6 is 11.8 Å². The van der Waals surface area contributed by atoms with Crippen molar-refractivity contribution >= 4 is 28.6 Å². The zero-order chi connectivity index (χ0) is 16.4. The van der Waals surface area contributed by atoms with E-state index < -0.39 is 0 Å². The molecule has 1 fully saturated rings. The number of hydrogen-bond acceptors (Lipinski definition) is 5. The summed E-state index contributed by atoms with van der Waals surface area (Å²) in [5.74, 6) is 0.932. The third-order valence-corrected chi connectivity index (χ3v) is 5.08. The van der Waals surface area contributed by atoms with Gasteiger partial charge in [0, 0.05) is 18.0 Å². The van der Waals surface area contributed by atoms with E-state index in [-0.39, 0.29) is 0 Å². The lowest BCUT2D eigenvalue weighted by Crippen LogP contribution is -2.36. The second kappa shape index (κ2) is 6.79. The van der Waals surface area contributed by atoms with E-state index in [2.05, 4.69) is 58.6 Å². The van der Waals surface area contributed by atoms with Crippen molar-refractivity contribution in [2.75, 3.05) is 37.5 Å². The molecule has 5 heteroatoms. The molecule has 0 N–H and O–H groups in total. The predicted octanol–water partition coefficient (Wildman–Crippen LogP) is 3.86. The number of rotatable bonds is 3. The minimum Gasteiger partial charge on any atom is -0.378 e. The first-order chi connectivity index (χ1) is 11.8. The number of benzene rings is 2. The van der Waals surface area contributed by atoms with Gasteiger partial charge in [-0.3, -0.25) is 4.98 Å². The summed E-state index contributed by atoms with van der Waals surface area (Å²) in [5.41, 5.74) is 4.29. The largest absolute Gasteiger partial charge is 0.378 e. The van der Waals surface area contributed by atoms with Crippen LogP contribution in [0.5, 0.6) is 0 Å². The Morgan fingerprint density at radius 1 is 1.04 bits per heavy atom. The molecule has 0 radical (unpaired) electrons. The van der Waals surface area contributed by atoms with Crippen molar-refractivity contribution in [3.63, 3.8) is 0 Å². The maximum atomic E-state index is 5.42. The summed E-state index contributed by atoms with van der Waals surface area (Å²) in [5, 5.41) is 0. The molecule has 0 bridgehead atoms. The molecule has 0 aliphatic carbocycles. The van der Waals surface area contributed by atoms with Gasteiger partial charge in [-0.25, -0.2) is 4.98 Å². The number of morpholine rings is 1. The molecule has 1 aliphatic rings. The Morgan fingerprint density at radius 3 is 2.71 bits per heavy atom. The van der Waals surface area contributed by atoms with Crippen LogP contribution in [0.1, 0.15) is 0 Å². The fraction of sp³-hybridized carbons (Fsp3) is 0.263. The quantitative estimate of drug-likeness (QED) is 0.679. The highest BCUT2D eigenvalue weighted by atomic mass is 32.2. The minimum absolute atomic E-state index is 0.751. The van der Waals surface area contributed by atoms with Crippen molar-refractivity contribution in [3.8, 4) is 11.1 Å². The summed E-state index contributed by atoms with van der Waals surface area (Å²) in [4.78, 5) is 12.9. The molecule has 1 aliphatic heterocycles. The summed E-state index contributed by atoms with van der Waals surface area (Å²) in [7, 11) is 0. The molecule has 4 rings (SSSR count). The maximum absolute atomic E-state index is 5.42. The highest BCUT2D eigenvalue weighted by Crippen LogP contribution is 2.31. The van der Waals surface area contributed by atoms with Crippen LogP contribution in [0.15, 0.2) is 53.6 Å². The van der Waals surface area contributed by atoms with Gasteiger partial charge in [0.05, 0.1) is 30.4 Å². The number of nitrogens with zero attached hydrogens (tertiary/aromatic N) is 3. The zero-order valence-electron chi connectivity index (χ0n) is 13.6. The lowest BCUT2D eigenvalue weighted by Gasteiger charge is -2.27. The van der Waals surface area contributed by atoms with Crippen LogP contribution in [0.3, 0.4) is 0 Å². The second-order valence-corrected chi connectivity index (χ2v) is 6.58. The molecule has 3 aromatic rings.